The van der Waals surface area contributed by atoms with Crippen molar-refractivity contribution in [1.29, 1.82) is 5.41 Å². The number of esters is 1. The summed E-state index contributed by atoms with van der Waals surface area (Å²) in [6.45, 7) is 2.68. The van der Waals surface area contributed by atoms with Crippen LogP contribution >= 0.6 is 0 Å². The van der Waals surface area contributed by atoms with E-state index in [4.69, 9.17) is 20.6 Å². The number of allylic oxidation sites excluding steroid dienone is 1. The van der Waals surface area contributed by atoms with Gasteiger partial charge in [-0.3, -0.25) is 4.79 Å². The third kappa shape index (κ3) is 6.60. The summed E-state index contributed by atoms with van der Waals surface area (Å²) >= 11 is 0. The molecule has 34 heavy (non-hydrogen) atoms. The fraction of sp³-hybridized carbons (Fsp3) is 0.480. The zero-order valence-corrected chi connectivity index (χ0v) is 19.5. The number of hydrogen-bond donors (Lipinski definition) is 4. The molecule has 1 aromatic carbocycles. The predicted molar refractivity (Wildman–Crippen MR) is 127 cm³/mol. The second-order valence-electron chi connectivity index (χ2n) is 8.71. The van der Waals surface area contributed by atoms with Crippen molar-refractivity contribution < 1.29 is 29.3 Å². The zero-order valence-electron chi connectivity index (χ0n) is 19.5. The molecule has 9 nitrogen and oxygen atoms in total. The number of nitrogens with two attached hydrogens (primary N) is 1. The second-order valence-corrected chi connectivity index (χ2v) is 8.71. The average molecular weight is 472 g/mol. The largest absolute Gasteiger partial charge is 0.507 e. The monoisotopic (exact) mass is 471 g/mol. The van der Waals surface area contributed by atoms with E-state index in [1.807, 2.05) is 12.2 Å². The summed E-state index contributed by atoms with van der Waals surface area (Å²) < 4.78 is 11.2. The molecule has 1 amide bonds. The number of ether oxygens (including phenoxy) is 2. The van der Waals surface area contributed by atoms with Gasteiger partial charge in [-0.25, -0.2) is 4.79 Å². The molecule has 3 rings (SSSR count). The minimum Gasteiger partial charge on any atom is -0.507 e. The smallest absolute Gasteiger partial charge is 0.342 e. The lowest BCUT2D eigenvalue weighted by Gasteiger charge is -2.27. The van der Waals surface area contributed by atoms with Crippen molar-refractivity contribution in [2.45, 2.75) is 57.6 Å². The van der Waals surface area contributed by atoms with Crippen LogP contribution in [0.25, 0.3) is 0 Å². The van der Waals surface area contributed by atoms with E-state index >= 15 is 0 Å². The van der Waals surface area contributed by atoms with Crippen molar-refractivity contribution in [2.24, 2.45) is 5.73 Å². The number of cyclic esters (lactones) is 1. The molecular weight excluding hydrogens is 438 g/mol. The van der Waals surface area contributed by atoms with Gasteiger partial charge in [0.2, 0.25) is 0 Å². The normalized spacial score (nSPS) is 23.9. The lowest BCUT2D eigenvalue weighted by atomic mass is 9.98. The van der Waals surface area contributed by atoms with Gasteiger partial charge in [0.25, 0.3) is 5.91 Å². The first-order chi connectivity index (χ1) is 16.3. The van der Waals surface area contributed by atoms with E-state index in [9.17, 15) is 19.8 Å². The summed E-state index contributed by atoms with van der Waals surface area (Å²) in [5, 5.41) is 29.4. The van der Waals surface area contributed by atoms with Gasteiger partial charge >= 0.3 is 5.97 Å². The molecule has 0 bridgehead atoms. The first-order valence-corrected chi connectivity index (χ1v) is 11.6. The van der Waals surface area contributed by atoms with E-state index in [2.05, 4.69) is 0 Å². The molecule has 0 unspecified atom stereocenters. The average Bonchev–Trinajstić information content (AvgIpc) is 2.78. The maximum absolute atomic E-state index is 13.0. The fourth-order valence-corrected chi connectivity index (χ4v) is 4.05. The third-order valence-corrected chi connectivity index (χ3v) is 5.84. The first-order valence-electron chi connectivity index (χ1n) is 11.6. The van der Waals surface area contributed by atoms with Gasteiger partial charge < -0.3 is 35.7 Å². The number of carbonyl (C=O) groups excluding carboxylic acids is 2. The minimum atomic E-state index is -0.807. The first kappa shape index (κ1) is 25.3. The maximum Gasteiger partial charge on any atom is 0.342 e. The molecule has 0 aliphatic carbocycles. The van der Waals surface area contributed by atoms with E-state index in [0.717, 1.165) is 25.3 Å². The number of hydrogen-bond acceptors (Lipinski definition) is 8. The molecule has 0 spiro atoms. The molecule has 0 aromatic heterocycles. The van der Waals surface area contributed by atoms with Crippen LogP contribution in [-0.2, 0) is 16.0 Å². The van der Waals surface area contributed by atoms with Crippen molar-refractivity contribution in [3.63, 3.8) is 0 Å². The Balaban J connectivity index is 1.95. The maximum atomic E-state index is 13.0. The molecule has 5 N–H and O–H groups in total. The molecule has 9 heteroatoms. The van der Waals surface area contributed by atoms with Crippen LogP contribution < -0.4 is 10.5 Å². The minimum absolute atomic E-state index is 0.0905. The Bertz CT molecular complexity index is 981. The Labute approximate surface area is 199 Å². The number of phenolic OH excluding ortho intramolecular Hbond substituents is 2. The number of amides is 1. The van der Waals surface area contributed by atoms with Crippen LogP contribution in [0.4, 0.5) is 0 Å². The molecule has 2 aliphatic rings. The lowest BCUT2D eigenvalue weighted by Crippen LogP contribution is -2.38. The Morgan fingerprint density at radius 2 is 1.94 bits per heavy atom. The second kappa shape index (κ2) is 11.7. The number of piperidine rings is 1. The van der Waals surface area contributed by atoms with Gasteiger partial charge in [-0.1, -0.05) is 18.2 Å². The zero-order chi connectivity index (χ0) is 24.7. The van der Waals surface area contributed by atoms with Crippen LogP contribution in [0.5, 0.6) is 17.2 Å². The van der Waals surface area contributed by atoms with Crippen molar-refractivity contribution in [3.8, 4) is 17.2 Å². The summed E-state index contributed by atoms with van der Waals surface area (Å²) in [5.41, 5.74) is 6.04. The Hall–Kier alpha value is -3.33. The van der Waals surface area contributed by atoms with Crippen LogP contribution in [-0.4, -0.2) is 64.5 Å². The molecule has 1 fully saturated rings. The van der Waals surface area contributed by atoms with Crippen LogP contribution in [0.3, 0.4) is 0 Å². The molecule has 2 aliphatic heterocycles. The quantitative estimate of drug-likeness (QED) is 0.392. The highest BCUT2D eigenvalue weighted by Crippen LogP contribution is 2.40. The molecule has 2 atom stereocenters. The number of nitrogens with zero attached hydrogens (tertiary/aromatic N) is 1. The summed E-state index contributed by atoms with van der Waals surface area (Å²) in [4.78, 5) is 27.3. The van der Waals surface area contributed by atoms with Crippen LogP contribution in [0.1, 0.15) is 54.9 Å². The predicted octanol–water partition coefficient (Wildman–Crippen LogP) is 2.83. The molecule has 2 heterocycles. The molecular formula is C25H33N3O6. The summed E-state index contributed by atoms with van der Waals surface area (Å²) in [6, 6.07) is 0.752. The van der Waals surface area contributed by atoms with E-state index in [1.165, 1.54) is 0 Å². The van der Waals surface area contributed by atoms with Gasteiger partial charge in [-0.15, -0.1) is 0 Å². The molecule has 1 aromatic rings. The number of benzene rings is 1. The topological polar surface area (TPSA) is 146 Å². The number of rotatable bonds is 3. The highest BCUT2D eigenvalue weighted by molar-refractivity contribution is 6.00. The molecule has 0 saturated carbocycles. The molecule has 184 valence electrons. The fourth-order valence-electron chi connectivity index (χ4n) is 4.05. The Morgan fingerprint density at radius 3 is 2.68 bits per heavy atom. The number of fused-ring (bicyclic) bond motifs is 1. The summed E-state index contributed by atoms with van der Waals surface area (Å²) in [5.74, 6) is -2.07. The van der Waals surface area contributed by atoms with Crippen LogP contribution in [0.15, 0.2) is 30.4 Å². The number of carbonyl (C=O) groups is 2. The number of phenols is 2. The van der Waals surface area contributed by atoms with E-state index in [0.29, 0.717) is 25.9 Å². The molecule has 0 radical (unpaired) electrons. The van der Waals surface area contributed by atoms with Gasteiger partial charge in [0.1, 0.15) is 17.4 Å². The number of likely N-dealkylation sites (tertiary alicyclic amines) is 1. The molecule has 1 saturated heterocycles. The van der Waals surface area contributed by atoms with E-state index in [-0.39, 0.29) is 47.6 Å². The van der Waals surface area contributed by atoms with E-state index < -0.39 is 23.6 Å². The van der Waals surface area contributed by atoms with E-state index in [1.54, 1.807) is 24.0 Å². The number of nitrogens with one attached hydrogen (secondary N) is 1. The van der Waals surface area contributed by atoms with Crippen molar-refractivity contribution in [1.82, 2.24) is 4.90 Å². The summed E-state index contributed by atoms with van der Waals surface area (Å²) in [6.07, 6.45) is 10.2. The third-order valence-electron chi connectivity index (χ3n) is 5.84. The SMILES string of the molecule is C[C@@H]1C/C=C/[C@H](N)C/C=C/C(=N)Cc2c(OCC(=O)N3CCCCC3)c(O)cc(O)c2C(=O)O1. The van der Waals surface area contributed by atoms with Crippen molar-refractivity contribution >= 4 is 17.6 Å². The lowest BCUT2D eigenvalue weighted by molar-refractivity contribution is -0.134. The highest BCUT2D eigenvalue weighted by atomic mass is 16.5. The Morgan fingerprint density at radius 1 is 1.21 bits per heavy atom. The number of aromatic hydroxyl groups is 2. The highest BCUT2D eigenvalue weighted by Gasteiger charge is 2.28. The van der Waals surface area contributed by atoms with Crippen molar-refractivity contribution in [2.75, 3.05) is 19.7 Å². The van der Waals surface area contributed by atoms with Gasteiger partial charge in [-0.05, 0) is 38.7 Å². The van der Waals surface area contributed by atoms with Gasteiger partial charge in [0.05, 0.1) is 0 Å². The van der Waals surface area contributed by atoms with Crippen LogP contribution in [0, 0.1) is 5.41 Å². The summed E-state index contributed by atoms with van der Waals surface area (Å²) in [7, 11) is 0. The van der Waals surface area contributed by atoms with Gasteiger partial charge in [-0.2, -0.15) is 0 Å². The standard InChI is InChI=1S/C25H33N3O6/c1-16-7-5-8-17(26)9-6-10-18(27)13-19-23(25(32)34-16)20(29)14-21(30)24(19)33-15-22(31)28-11-3-2-4-12-28/h5-6,8,10,14,16-17,27,29-30H,2-4,7,9,11-13,15,26H2,1H3/b8-5+,10-6+,27-18?/t16-,17+/m1/s1. The van der Waals surface area contributed by atoms with Gasteiger partial charge in [0.15, 0.2) is 18.1 Å². The van der Waals surface area contributed by atoms with Gasteiger partial charge in [0, 0.05) is 49.3 Å². The van der Waals surface area contributed by atoms with Crippen LogP contribution in [0.2, 0.25) is 0 Å². The Kier molecular flexibility index (Phi) is 8.70. The van der Waals surface area contributed by atoms with Crippen molar-refractivity contribution in [3.05, 3.63) is 41.5 Å².